The zero-order chi connectivity index (χ0) is 25.9. The van der Waals surface area contributed by atoms with Gasteiger partial charge in [0.25, 0.3) is 5.91 Å². The Bertz CT molecular complexity index is 1440. The van der Waals surface area contributed by atoms with Crippen LogP contribution in [0.15, 0.2) is 52.4 Å². The van der Waals surface area contributed by atoms with Crippen LogP contribution < -0.4 is 4.80 Å². The van der Waals surface area contributed by atoms with Crippen LogP contribution in [-0.2, 0) is 26.1 Å². The van der Waals surface area contributed by atoms with Crippen LogP contribution >= 0.6 is 11.3 Å². The largest absolute Gasteiger partial charge is 0.465 e. The molecule has 11 heteroatoms. The number of sulfonamides is 1. The summed E-state index contributed by atoms with van der Waals surface area (Å²) in [6.45, 7) is 4.00. The fourth-order valence-electron chi connectivity index (χ4n) is 4.41. The van der Waals surface area contributed by atoms with Crippen molar-refractivity contribution in [3.05, 3.63) is 58.6 Å². The minimum Gasteiger partial charge on any atom is -0.465 e. The lowest BCUT2D eigenvalue weighted by molar-refractivity contribution is -0.143. The second-order valence-electron chi connectivity index (χ2n) is 8.48. The number of fused-ring (bicyclic) bond motifs is 1. The third-order valence-electron chi connectivity index (χ3n) is 6.19. The third-order valence-corrected chi connectivity index (χ3v) is 9.20. The van der Waals surface area contributed by atoms with E-state index in [0.717, 1.165) is 37.0 Å². The zero-order valence-electron chi connectivity index (χ0n) is 20.1. The van der Waals surface area contributed by atoms with Gasteiger partial charge in [-0.05, 0) is 62.6 Å². The van der Waals surface area contributed by atoms with Gasteiger partial charge in [-0.3, -0.25) is 9.59 Å². The van der Waals surface area contributed by atoms with Crippen molar-refractivity contribution in [1.29, 1.82) is 0 Å². The molecule has 0 N–H and O–H groups in total. The number of aromatic nitrogens is 1. The number of nitrogens with zero attached hydrogens (tertiary/aromatic N) is 3. The Kier molecular flexibility index (Phi) is 8.01. The topological polar surface area (TPSA) is 98.0 Å². The summed E-state index contributed by atoms with van der Waals surface area (Å²) >= 11 is 1.08. The Morgan fingerprint density at radius 3 is 2.58 bits per heavy atom. The molecule has 0 saturated carbocycles. The number of halogens is 1. The Morgan fingerprint density at radius 2 is 1.89 bits per heavy atom. The van der Waals surface area contributed by atoms with E-state index in [1.54, 1.807) is 23.4 Å². The minimum absolute atomic E-state index is 0.0248. The number of hydrogen-bond donors (Lipinski definition) is 0. The van der Waals surface area contributed by atoms with Gasteiger partial charge in [0.1, 0.15) is 12.4 Å². The van der Waals surface area contributed by atoms with Gasteiger partial charge in [0.15, 0.2) is 4.80 Å². The summed E-state index contributed by atoms with van der Waals surface area (Å²) in [6.07, 6.45) is 3.42. The van der Waals surface area contributed by atoms with Gasteiger partial charge < -0.3 is 9.30 Å². The lowest BCUT2D eigenvalue weighted by atomic mass is 10.0. The third kappa shape index (κ3) is 5.28. The Morgan fingerprint density at radius 1 is 1.14 bits per heavy atom. The first-order valence-corrected chi connectivity index (χ1v) is 14.2. The molecule has 1 aliphatic rings. The highest BCUT2D eigenvalue weighted by Crippen LogP contribution is 2.27. The summed E-state index contributed by atoms with van der Waals surface area (Å²) in [5.74, 6) is -1.75. The van der Waals surface area contributed by atoms with Crippen molar-refractivity contribution in [1.82, 2.24) is 8.87 Å². The second-order valence-corrected chi connectivity index (χ2v) is 11.4. The van der Waals surface area contributed by atoms with Crippen molar-refractivity contribution in [3.63, 3.8) is 0 Å². The van der Waals surface area contributed by atoms with Crippen LogP contribution in [0.5, 0.6) is 0 Å². The fourth-order valence-corrected chi connectivity index (χ4v) is 7.22. The monoisotopic (exact) mass is 533 g/mol. The standard InChI is InChI=1S/C25H28FN3O5S2/c1-3-18-8-5-6-15-29(18)36(32,33)19-13-11-17(12-14-19)24(31)27-25-28(16-22(30)34-4-2)23-20(26)9-7-10-21(23)35-25/h7,9-14,18H,3-6,8,15-16H2,1-2H3. The summed E-state index contributed by atoms with van der Waals surface area (Å²) in [4.78, 5) is 29.5. The molecule has 0 radical (unpaired) electrons. The summed E-state index contributed by atoms with van der Waals surface area (Å²) in [5, 5.41) is 0. The first-order valence-electron chi connectivity index (χ1n) is 11.9. The lowest BCUT2D eigenvalue weighted by Crippen LogP contribution is -2.43. The van der Waals surface area contributed by atoms with Gasteiger partial charge in [-0.1, -0.05) is 30.7 Å². The predicted molar refractivity (Wildman–Crippen MR) is 135 cm³/mol. The minimum atomic E-state index is -3.68. The van der Waals surface area contributed by atoms with Crippen molar-refractivity contribution in [2.45, 2.75) is 57.0 Å². The molecule has 0 bridgehead atoms. The molecule has 0 aliphatic carbocycles. The van der Waals surface area contributed by atoms with Crippen LogP contribution in [-0.4, -0.2) is 48.4 Å². The number of carbonyl (C=O) groups excluding carboxylic acids is 2. The van der Waals surface area contributed by atoms with E-state index in [9.17, 15) is 22.4 Å². The van der Waals surface area contributed by atoms with Crippen molar-refractivity contribution in [3.8, 4) is 0 Å². The maximum Gasteiger partial charge on any atom is 0.326 e. The summed E-state index contributed by atoms with van der Waals surface area (Å²) in [6, 6.07) is 10.1. The van der Waals surface area contributed by atoms with Crippen molar-refractivity contribution < 1.29 is 27.1 Å². The van der Waals surface area contributed by atoms with E-state index in [1.807, 2.05) is 6.92 Å². The highest BCUT2D eigenvalue weighted by Gasteiger charge is 2.32. The number of thiazole rings is 1. The quantitative estimate of drug-likeness (QED) is 0.426. The molecule has 1 aliphatic heterocycles. The maximum absolute atomic E-state index is 14.6. The number of esters is 1. The van der Waals surface area contributed by atoms with Gasteiger partial charge in [0.05, 0.1) is 21.7 Å². The average Bonchev–Trinajstić information content (AvgIpc) is 3.21. The van der Waals surface area contributed by atoms with Crippen LogP contribution in [0.25, 0.3) is 10.2 Å². The van der Waals surface area contributed by atoms with Gasteiger partial charge in [0.2, 0.25) is 10.0 Å². The molecule has 1 unspecified atom stereocenters. The molecule has 4 rings (SSSR count). The van der Waals surface area contributed by atoms with Gasteiger partial charge in [-0.15, -0.1) is 0 Å². The van der Waals surface area contributed by atoms with Gasteiger partial charge in [-0.2, -0.15) is 9.30 Å². The van der Waals surface area contributed by atoms with Crippen LogP contribution in [0, 0.1) is 5.82 Å². The fraction of sp³-hybridized carbons (Fsp3) is 0.400. The van der Waals surface area contributed by atoms with Crippen LogP contribution in [0.1, 0.15) is 49.9 Å². The zero-order valence-corrected chi connectivity index (χ0v) is 21.8. The Labute approximate surface area is 213 Å². The highest BCUT2D eigenvalue weighted by atomic mass is 32.2. The number of ether oxygens (including phenoxy) is 1. The van der Waals surface area contributed by atoms with Gasteiger partial charge in [-0.25, -0.2) is 12.8 Å². The predicted octanol–water partition coefficient (Wildman–Crippen LogP) is 4.10. The SMILES string of the molecule is CCOC(=O)Cn1c(=NC(=O)c2ccc(S(=O)(=O)N3CCCCC3CC)cc2)sc2cccc(F)c21. The smallest absolute Gasteiger partial charge is 0.326 e. The number of piperidine rings is 1. The van der Waals surface area contributed by atoms with Gasteiger partial charge in [0, 0.05) is 18.2 Å². The molecule has 8 nitrogen and oxygen atoms in total. The van der Waals surface area contributed by atoms with Crippen LogP contribution in [0.4, 0.5) is 4.39 Å². The molecule has 36 heavy (non-hydrogen) atoms. The first kappa shape index (κ1) is 26.2. The number of amides is 1. The van der Waals surface area contributed by atoms with Crippen molar-refractivity contribution in [2.24, 2.45) is 4.99 Å². The van der Waals surface area contributed by atoms with E-state index in [4.69, 9.17) is 4.74 Å². The summed E-state index contributed by atoms with van der Waals surface area (Å²) in [5.41, 5.74) is 0.343. The van der Waals surface area contributed by atoms with Gasteiger partial charge >= 0.3 is 5.97 Å². The molecular formula is C25H28FN3O5S2. The number of carbonyl (C=O) groups is 2. The van der Waals surface area contributed by atoms with E-state index < -0.39 is 27.7 Å². The first-order chi connectivity index (χ1) is 17.3. The van der Waals surface area contributed by atoms with E-state index in [-0.39, 0.29) is 40.0 Å². The van der Waals surface area contributed by atoms with Crippen molar-refractivity contribution >= 4 is 43.5 Å². The molecule has 1 fully saturated rings. The molecule has 2 heterocycles. The molecular weight excluding hydrogens is 505 g/mol. The lowest BCUT2D eigenvalue weighted by Gasteiger charge is -2.34. The van der Waals surface area contributed by atoms with Crippen LogP contribution in [0.2, 0.25) is 0 Å². The highest BCUT2D eigenvalue weighted by molar-refractivity contribution is 7.89. The molecule has 1 amide bonds. The number of hydrogen-bond acceptors (Lipinski definition) is 6. The second kappa shape index (κ2) is 11.0. The molecule has 0 spiro atoms. The molecule has 3 aromatic rings. The number of rotatable bonds is 7. The summed E-state index contributed by atoms with van der Waals surface area (Å²) in [7, 11) is -3.68. The van der Waals surface area contributed by atoms with E-state index >= 15 is 0 Å². The normalized spacial score (nSPS) is 17.4. The number of benzene rings is 2. The molecule has 1 saturated heterocycles. The molecule has 192 valence electrons. The van der Waals surface area contributed by atoms with E-state index in [0.29, 0.717) is 11.2 Å². The Hall–Kier alpha value is -2.89. The average molecular weight is 534 g/mol. The van der Waals surface area contributed by atoms with E-state index in [1.165, 1.54) is 34.9 Å². The Balaban J connectivity index is 1.66. The molecule has 1 aromatic heterocycles. The number of para-hydroxylation sites is 1. The maximum atomic E-state index is 14.6. The summed E-state index contributed by atoms with van der Waals surface area (Å²) < 4.78 is 49.4. The molecule has 1 atom stereocenters. The van der Waals surface area contributed by atoms with E-state index in [2.05, 4.69) is 4.99 Å². The molecule has 2 aromatic carbocycles. The van der Waals surface area contributed by atoms with Crippen LogP contribution in [0.3, 0.4) is 0 Å². The van der Waals surface area contributed by atoms with Crippen molar-refractivity contribution in [2.75, 3.05) is 13.2 Å².